The highest BCUT2D eigenvalue weighted by Crippen LogP contribution is 2.15. The molecule has 4 heteroatoms. The van der Waals surface area contributed by atoms with Gasteiger partial charge in [0.2, 0.25) is 0 Å². The van der Waals surface area contributed by atoms with E-state index in [4.69, 9.17) is 4.74 Å². The van der Waals surface area contributed by atoms with Crippen molar-refractivity contribution >= 4 is 27.7 Å². The first kappa shape index (κ1) is 13.9. The quantitative estimate of drug-likeness (QED) is 0.477. The number of alkyl halides is 1. The fraction of sp³-hybridized carbons (Fsp3) is 0.385. The lowest BCUT2D eigenvalue weighted by molar-refractivity contribution is -0.142. The van der Waals surface area contributed by atoms with E-state index >= 15 is 0 Å². The van der Waals surface area contributed by atoms with Crippen molar-refractivity contribution in [3.63, 3.8) is 0 Å². The van der Waals surface area contributed by atoms with Gasteiger partial charge in [0.25, 0.3) is 0 Å². The van der Waals surface area contributed by atoms with Gasteiger partial charge in [0.05, 0.1) is 17.9 Å². The van der Waals surface area contributed by atoms with E-state index in [1.165, 1.54) is 0 Å². The molecule has 0 heterocycles. The Morgan fingerprint density at radius 3 is 2.41 bits per heavy atom. The van der Waals surface area contributed by atoms with Crippen molar-refractivity contribution in [1.82, 2.24) is 0 Å². The maximum Gasteiger partial charge on any atom is 0.307 e. The molecule has 0 aliphatic heterocycles. The Bertz CT molecular complexity index is 398. The minimum Gasteiger partial charge on any atom is -0.466 e. The Morgan fingerprint density at radius 1 is 1.29 bits per heavy atom. The fourth-order valence-electron chi connectivity index (χ4n) is 1.36. The van der Waals surface area contributed by atoms with Crippen LogP contribution in [0, 0.1) is 6.92 Å². The van der Waals surface area contributed by atoms with Gasteiger partial charge in [-0.15, -0.1) is 0 Å². The molecule has 3 nitrogen and oxygen atoms in total. The second-order valence-electron chi connectivity index (χ2n) is 3.71. The molecule has 0 radical (unpaired) electrons. The van der Waals surface area contributed by atoms with Crippen LogP contribution in [0.2, 0.25) is 0 Å². The van der Waals surface area contributed by atoms with Gasteiger partial charge < -0.3 is 4.74 Å². The lowest BCUT2D eigenvalue weighted by Gasteiger charge is -2.08. The first-order valence-corrected chi connectivity index (χ1v) is 6.36. The highest BCUT2D eigenvalue weighted by Gasteiger charge is 2.20. The molecule has 1 aromatic rings. The van der Waals surface area contributed by atoms with Crippen LogP contribution < -0.4 is 0 Å². The van der Waals surface area contributed by atoms with Crippen LogP contribution in [-0.4, -0.2) is 23.2 Å². The first-order chi connectivity index (χ1) is 8.04. The third-order valence-electron chi connectivity index (χ3n) is 2.27. The van der Waals surface area contributed by atoms with Crippen molar-refractivity contribution in [1.29, 1.82) is 0 Å². The maximum atomic E-state index is 11.9. The van der Waals surface area contributed by atoms with E-state index < -0.39 is 4.83 Å². The average Bonchev–Trinajstić information content (AvgIpc) is 2.29. The summed E-state index contributed by atoms with van der Waals surface area (Å²) in [7, 11) is 0. The summed E-state index contributed by atoms with van der Waals surface area (Å²) in [6, 6.07) is 7.27. The van der Waals surface area contributed by atoms with Crippen LogP contribution in [0.1, 0.15) is 29.3 Å². The zero-order valence-corrected chi connectivity index (χ0v) is 11.5. The molecule has 0 amide bonds. The summed E-state index contributed by atoms with van der Waals surface area (Å²) in [5, 5.41) is 0. The highest BCUT2D eigenvalue weighted by atomic mass is 79.9. The number of ether oxygens (including phenoxy) is 1. The van der Waals surface area contributed by atoms with Gasteiger partial charge >= 0.3 is 5.97 Å². The van der Waals surface area contributed by atoms with Crippen LogP contribution in [-0.2, 0) is 9.53 Å². The number of rotatable bonds is 5. The molecule has 1 aromatic carbocycles. The lowest BCUT2D eigenvalue weighted by atomic mass is 10.1. The number of esters is 1. The largest absolute Gasteiger partial charge is 0.466 e. The molecule has 0 N–H and O–H groups in total. The Kier molecular flexibility index (Phi) is 5.35. The number of carbonyl (C=O) groups excluding carboxylic acids is 2. The predicted molar refractivity (Wildman–Crippen MR) is 69.5 cm³/mol. The minimum absolute atomic E-state index is 0.0561. The van der Waals surface area contributed by atoms with E-state index in [-0.39, 0.29) is 18.2 Å². The molecule has 0 spiro atoms. The van der Waals surface area contributed by atoms with Gasteiger partial charge in [-0.2, -0.15) is 0 Å². The third kappa shape index (κ3) is 4.30. The van der Waals surface area contributed by atoms with Gasteiger partial charge in [0.1, 0.15) is 0 Å². The molecule has 1 rings (SSSR count). The van der Waals surface area contributed by atoms with Crippen LogP contribution in [0.15, 0.2) is 24.3 Å². The second kappa shape index (κ2) is 6.55. The summed E-state index contributed by atoms with van der Waals surface area (Å²) >= 11 is 3.22. The molecule has 0 bridgehead atoms. The SMILES string of the molecule is CCOC(=O)C[C@@H](Br)C(=O)c1ccc(C)cc1. The molecule has 0 saturated heterocycles. The van der Waals surface area contributed by atoms with E-state index in [0.29, 0.717) is 12.2 Å². The van der Waals surface area contributed by atoms with Crippen molar-refractivity contribution in [2.24, 2.45) is 0 Å². The van der Waals surface area contributed by atoms with Crippen LogP contribution in [0.5, 0.6) is 0 Å². The third-order valence-corrected chi connectivity index (χ3v) is 3.01. The first-order valence-electron chi connectivity index (χ1n) is 5.45. The molecule has 0 fully saturated rings. The molecule has 0 unspecified atom stereocenters. The summed E-state index contributed by atoms with van der Waals surface area (Å²) in [6.45, 7) is 4.03. The normalized spacial score (nSPS) is 11.9. The Morgan fingerprint density at radius 2 is 1.88 bits per heavy atom. The molecule has 17 heavy (non-hydrogen) atoms. The average molecular weight is 299 g/mol. The number of hydrogen-bond donors (Lipinski definition) is 0. The molecular formula is C13H15BrO3. The Balaban J connectivity index is 2.63. The molecule has 0 aliphatic rings. The summed E-state index contributed by atoms with van der Waals surface area (Å²) < 4.78 is 4.80. The lowest BCUT2D eigenvalue weighted by Crippen LogP contribution is -2.19. The van der Waals surface area contributed by atoms with Crippen molar-refractivity contribution < 1.29 is 14.3 Å². The summed E-state index contributed by atoms with van der Waals surface area (Å²) in [6.07, 6.45) is 0.0561. The van der Waals surface area contributed by atoms with Crippen LogP contribution in [0.4, 0.5) is 0 Å². The fourth-order valence-corrected chi connectivity index (χ4v) is 1.89. The zero-order chi connectivity index (χ0) is 12.8. The Hall–Kier alpha value is -1.16. The minimum atomic E-state index is -0.524. The molecular weight excluding hydrogens is 284 g/mol. The van der Waals surface area contributed by atoms with E-state index in [1.807, 2.05) is 19.1 Å². The van der Waals surface area contributed by atoms with Crippen molar-refractivity contribution in [2.45, 2.75) is 25.1 Å². The van der Waals surface area contributed by atoms with Crippen molar-refractivity contribution in [3.05, 3.63) is 35.4 Å². The summed E-state index contributed by atoms with van der Waals surface area (Å²) in [4.78, 5) is 22.7. The highest BCUT2D eigenvalue weighted by molar-refractivity contribution is 9.10. The summed E-state index contributed by atoms with van der Waals surface area (Å²) in [5.74, 6) is -0.465. The van der Waals surface area contributed by atoms with Gasteiger partial charge in [-0.1, -0.05) is 45.8 Å². The number of aryl methyl sites for hydroxylation is 1. The molecule has 0 saturated carbocycles. The molecule has 1 atom stereocenters. The van der Waals surface area contributed by atoms with Crippen LogP contribution in [0.25, 0.3) is 0 Å². The number of ketones is 1. The van der Waals surface area contributed by atoms with E-state index in [1.54, 1.807) is 19.1 Å². The molecule has 0 aromatic heterocycles. The smallest absolute Gasteiger partial charge is 0.307 e. The van der Waals surface area contributed by atoms with E-state index in [2.05, 4.69) is 15.9 Å². The predicted octanol–water partition coefficient (Wildman–Crippen LogP) is 2.89. The number of halogens is 1. The number of hydrogen-bond acceptors (Lipinski definition) is 3. The standard InChI is InChI=1S/C13H15BrO3/c1-3-17-12(15)8-11(14)13(16)10-6-4-9(2)5-7-10/h4-7,11H,3,8H2,1-2H3/t11-/m1/s1. The second-order valence-corrected chi connectivity index (χ2v) is 4.81. The molecule has 92 valence electrons. The van der Waals surface area contributed by atoms with Crippen LogP contribution in [0.3, 0.4) is 0 Å². The van der Waals surface area contributed by atoms with Gasteiger partial charge in [-0.05, 0) is 13.8 Å². The number of Topliss-reactive ketones (excluding diaryl/α,β-unsaturated/α-hetero) is 1. The topological polar surface area (TPSA) is 43.4 Å². The van der Waals surface area contributed by atoms with E-state index in [9.17, 15) is 9.59 Å². The maximum absolute atomic E-state index is 11.9. The zero-order valence-electron chi connectivity index (χ0n) is 9.90. The van der Waals surface area contributed by atoms with Gasteiger partial charge in [-0.3, -0.25) is 9.59 Å². The number of benzene rings is 1. The summed E-state index contributed by atoms with van der Waals surface area (Å²) in [5.41, 5.74) is 1.69. The van der Waals surface area contributed by atoms with Gasteiger partial charge in [0, 0.05) is 5.56 Å². The van der Waals surface area contributed by atoms with Gasteiger partial charge in [0.15, 0.2) is 5.78 Å². The Labute approximate surface area is 109 Å². The number of carbonyl (C=O) groups is 2. The van der Waals surface area contributed by atoms with Crippen molar-refractivity contribution in [3.8, 4) is 0 Å². The monoisotopic (exact) mass is 298 g/mol. The van der Waals surface area contributed by atoms with Crippen molar-refractivity contribution in [2.75, 3.05) is 6.61 Å². The van der Waals surface area contributed by atoms with Crippen LogP contribution >= 0.6 is 15.9 Å². The van der Waals surface area contributed by atoms with Gasteiger partial charge in [-0.25, -0.2) is 0 Å². The molecule has 0 aliphatic carbocycles. The van der Waals surface area contributed by atoms with E-state index in [0.717, 1.165) is 5.56 Å².